The Morgan fingerprint density at radius 2 is 2.00 bits per heavy atom. The van der Waals surface area contributed by atoms with Crippen LogP contribution < -0.4 is 10.6 Å². The summed E-state index contributed by atoms with van der Waals surface area (Å²) in [5.41, 5.74) is 0.529. The van der Waals surface area contributed by atoms with Gasteiger partial charge in [-0.1, -0.05) is 11.6 Å². The number of hydrogen-bond donors (Lipinski definition) is 2. The van der Waals surface area contributed by atoms with Crippen LogP contribution in [0.5, 0.6) is 0 Å². The summed E-state index contributed by atoms with van der Waals surface area (Å²) >= 11 is 5.73. The number of carbonyl (C=O) groups is 2. The maximum Gasteiger partial charge on any atom is 0.313 e. The van der Waals surface area contributed by atoms with E-state index >= 15 is 0 Å². The molecule has 1 heterocycles. The molecule has 0 saturated carbocycles. The van der Waals surface area contributed by atoms with E-state index in [2.05, 4.69) is 10.6 Å². The summed E-state index contributed by atoms with van der Waals surface area (Å²) in [4.78, 5) is 23.2. The van der Waals surface area contributed by atoms with E-state index < -0.39 is 11.8 Å². The Bertz CT molecular complexity index is 455. The van der Waals surface area contributed by atoms with Crippen LogP contribution in [0.4, 0.5) is 5.69 Å². The minimum atomic E-state index is -0.694. The minimum absolute atomic E-state index is 0.0206. The first-order valence-corrected chi connectivity index (χ1v) is 6.49. The predicted molar refractivity (Wildman–Crippen MR) is 72.1 cm³/mol. The number of benzene rings is 1. The van der Waals surface area contributed by atoms with Gasteiger partial charge in [-0.15, -0.1) is 0 Å². The summed E-state index contributed by atoms with van der Waals surface area (Å²) in [7, 11) is 0. The zero-order valence-electron chi connectivity index (χ0n) is 10.3. The largest absolute Gasteiger partial charge is 0.376 e. The van der Waals surface area contributed by atoms with Crippen LogP contribution in [0.2, 0.25) is 5.02 Å². The van der Waals surface area contributed by atoms with Crippen molar-refractivity contribution in [3.05, 3.63) is 29.3 Å². The molecule has 0 aromatic heterocycles. The van der Waals surface area contributed by atoms with Crippen LogP contribution in [0.15, 0.2) is 24.3 Å². The monoisotopic (exact) mass is 282 g/mol. The second kappa shape index (κ2) is 6.54. The van der Waals surface area contributed by atoms with Gasteiger partial charge in [0.15, 0.2) is 0 Å². The van der Waals surface area contributed by atoms with Crippen LogP contribution in [0.25, 0.3) is 0 Å². The first kappa shape index (κ1) is 13.8. The fourth-order valence-corrected chi connectivity index (χ4v) is 1.94. The lowest BCUT2D eigenvalue weighted by Gasteiger charge is -2.10. The number of anilines is 1. The van der Waals surface area contributed by atoms with Crippen molar-refractivity contribution in [2.24, 2.45) is 0 Å². The van der Waals surface area contributed by atoms with Gasteiger partial charge < -0.3 is 15.4 Å². The number of amides is 2. The number of nitrogens with one attached hydrogen (secondary N) is 2. The highest BCUT2D eigenvalue weighted by molar-refractivity contribution is 6.39. The van der Waals surface area contributed by atoms with Crippen LogP contribution in [0.3, 0.4) is 0 Å². The zero-order chi connectivity index (χ0) is 13.7. The van der Waals surface area contributed by atoms with Gasteiger partial charge in [0.25, 0.3) is 0 Å². The molecule has 1 atom stereocenters. The first-order valence-electron chi connectivity index (χ1n) is 6.11. The maximum atomic E-state index is 11.6. The number of carbonyl (C=O) groups excluding carboxylic acids is 2. The quantitative estimate of drug-likeness (QED) is 0.827. The van der Waals surface area contributed by atoms with E-state index in [9.17, 15) is 9.59 Å². The number of ether oxygens (including phenoxy) is 1. The molecule has 1 aliphatic heterocycles. The molecule has 2 N–H and O–H groups in total. The standard InChI is InChI=1S/C13H15ClN2O3/c14-9-3-5-10(6-4-9)16-13(18)12(17)15-8-11-2-1-7-19-11/h3-6,11H,1-2,7-8H2,(H,15,17)(H,16,18)/t11-/m0/s1. The third-order valence-corrected chi connectivity index (χ3v) is 3.07. The molecular weight excluding hydrogens is 268 g/mol. The summed E-state index contributed by atoms with van der Waals surface area (Å²) < 4.78 is 5.35. The molecule has 6 heteroatoms. The molecule has 0 aliphatic carbocycles. The van der Waals surface area contributed by atoms with Crippen LogP contribution >= 0.6 is 11.6 Å². The summed E-state index contributed by atoms with van der Waals surface area (Å²) in [6, 6.07) is 6.55. The van der Waals surface area contributed by atoms with Gasteiger partial charge in [0.1, 0.15) is 0 Å². The Labute approximate surface area is 116 Å². The Morgan fingerprint density at radius 1 is 1.26 bits per heavy atom. The predicted octanol–water partition coefficient (Wildman–Crippen LogP) is 1.57. The Hall–Kier alpha value is -1.59. The summed E-state index contributed by atoms with van der Waals surface area (Å²) in [6.45, 7) is 1.09. The van der Waals surface area contributed by atoms with Gasteiger partial charge in [-0.3, -0.25) is 9.59 Å². The molecule has 0 spiro atoms. The molecule has 0 radical (unpaired) electrons. The van der Waals surface area contributed by atoms with Crippen LogP contribution in [-0.4, -0.2) is 31.1 Å². The van der Waals surface area contributed by atoms with Crippen LogP contribution in [0, 0.1) is 0 Å². The summed E-state index contributed by atoms with van der Waals surface area (Å²) in [6.07, 6.45) is 1.93. The molecule has 0 unspecified atom stereocenters. The smallest absolute Gasteiger partial charge is 0.313 e. The van der Waals surface area contributed by atoms with Gasteiger partial charge in [-0.25, -0.2) is 0 Å². The Balaban J connectivity index is 1.78. The van der Waals surface area contributed by atoms with E-state index in [0.717, 1.165) is 19.4 Å². The van der Waals surface area contributed by atoms with Gasteiger partial charge in [0, 0.05) is 23.9 Å². The van der Waals surface area contributed by atoms with E-state index in [1.807, 2.05) is 0 Å². The zero-order valence-corrected chi connectivity index (χ0v) is 11.1. The lowest BCUT2D eigenvalue weighted by atomic mass is 10.2. The van der Waals surface area contributed by atoms with Crippen molar-refractivity contribution in [3.63, 3.8) is 0 Å². The summed E-state index contributed by atoms with van der Waals surface area (Å²) in [5, 5.41) is 5.62. The fraction of sp³-hybridized carbons (Fsp3) is 0.385. The first-order chi connectivity index (χ1) is 9.15. The van der Waals surface area contributed by atoms with Crippen molar-refractivity contribution >= 4 is 29.1 Å². The molecule has 2 rings (SSSR count). The Morgan fingerprint density at radius 3 is 2.63 bits per heavy atom. The van der Waals surface area contributed by atoms with Crippen molar-refractivity contribution in [2.45, 2.75) is 18.9 Å². The molecule has 102 valence electrons. The molecule has 1 fully saturated rings. The van der Waals surface area contributed by atoms with Gasteiger partial charge in [0.05, 0.1) is 6.10 Å². The van der Waals surface area contributed by atoms with Gasteiger partial charge >= 0.3 is 11.8 Å². The second-order valence-corrected chi connectivity index (χ2v) is 4.74. The van der Waals surface area contributed by atoms with Crippen LogP contribution in [-0.2, 0) is 14.3 Å². The normalized spacial score (nSPS) is 18.1. The molecule has 1 aliphatic rings. The topological polar surface area (TPSA) is 67.4 Å². The third kappa shape index (κ3) is 4.22. The van der Waals surface area contributed by atoms with Gasteiger partial charge in [-0.2, -0.15) is 0 Å². The Kier molecular flexibility index (Phi) is 4.76. The van der Waals surface area contributed by atoms with Crippen molar-refractivity contribution < 1.29 is 14.3 Å². The van der Waals surface area contributed by atoms with Gasteiger partial charge in [-0.05, 0) is 37.1 Å². The van der Waals surface area contributed by atoms with E-state index in [4.69, 9.17) is 16.3 Å². The maximum absolute atomic E-state index is 11.6. The van der Waals surface area contributed by atoms with Crippen molar-refractivity contribution in [1.29, 1.82) is 0 Å². The minimum Gasteiger partial charge on any atom is -0.376 e. The SMILES string of the molecule is O=C(NC[C@@H]1CCCO1)C(=O)Nc1ccc(Cl)cc1. The lowest BCUT2D eigenvalue weighted by molar-refractivity contribution is -0.136. The lowest BCUT2D eigenvalue weighted by Crippen LogP contribution is -2.39. The number of hydrogen-bond acceptors (Lipinski definition) is 3. The number of rotatable bonds is 3. The van der Waals surface area contributed by atoms with Gasteiger partial charge in [0.2, 0.25) is 0 Å². The third-order valence-electron chi connectivity index (χ3n) is 2.82. The highest BCUT2D eigenvalue weighted by Gasteiger charge is 2.19. The van der Waals surface area contributed by atoms with Crippen molar-refractivity contribution in [3.8, 4) is 0 Å². The van der Waals surface area contributed by atoms with Crippen molar-refractivity contribution in [2.75, 3.05) is 18.5 Å². The van der Waals surface area contributed by atoms with E-state index in [1.165, 1.54) is 0 Å². The van der Waals surface area contributed by atoms with E-state index in [0.29, 0.717) is 17.3 Å². The van der Waals surface area contributed by atoms with Crippen molar-refractivity contribution in [1.82, 2.24) is 5.32 Å². The molecular formula is C13H15ClN2O3. The highest BCUT2D eigenvalue weighted by Crippen LogP contribution is 2.13. The fourth-order valence-electron chi connectivity index (χ4n) is 1.81. The number of halogens is 1. The van der Waals surface area contributed by atoms with Crippen LogP contribution in [0.1, 0.15) is 12.8 Å². The highest BCUT2D eigenvalue weighted by atomic mass is 35.5. The molecule has 5 nitrogen and oxygen atoms in total. The van der Waals surface area contributed by atoms with E-state index in [-0.39, 0.29) is 6.10 Å². The second-order valence-electron chi connectivity index (χ2n) is 4.31. The average Bonchev–Trinajstić information content (AvgIpc) is 2.91. The van der Waals surface area contributed by atoms with E-state index in [1.54, 1.807) is 24.3 Å². The summed E-state index contributed by atoms with van der Waals surface area (Å²) in [5.74, 6) is -1.36. The molecule has 1 saturated heterocycles. The average molecular weight is 283 g/mol. The molecule has 1 aromatic rings. The molecule has 19 heavy (non-hydrogen) atoms. The molecule has 2 amide bonds. The molecule has 1 aromatic carbocycles. The molecule has 0 bridgehead atoms.